The molecule has 2 heterocycles. The first-order chi connectivity index (χ1) is 18.2. The number of aryl methyl sites for hydroxylation is 3. The smallest absolute Gasteiger partial charge is 0.258 e. The summed E-state index contributed by atoms with van der Waals surface area (Å²) in [6.07, 6.45) is 2.09. The van der Waals surface area contributed by atoms with Crippen LogP contribution in [-0.2, 0) is 17.8 Å². The van der Waals surface area contributed by atoms with Gasteiger partial charge in [-0.25, -0.2) is 0 Å². The lowest BCUT2D eigenvalue weighted by atomic mass is 10.0. The van der Waals surface area contributed by atoms with E-state index in [0.29, 0.717) is 23.9 Å². The number of hydrogen-bond donors (Lipinski definition) is 3. The Morgan fingerprint density at radius 2 is 1.95 bits per heavy atom. The third kappa shape index (κ3) is 8.08. The van der Waals surface area contributed by atoms with Crippen molar-refractivity contribution in [2.45, 2.75) is 59.6 Å². The minimum absolute atomic E-state index is 0.00259. The standard InChI is InChI=1S/C28H39N5O5/c1-6-8-9-33(5)15-23-13-22(11-19(4)30-23)28-31-27(32-38-28)21-10-18(3)26(20(7-2)12-21)37-17-24(35)14-29-25(36)16-34/h10-13,24,34-35H,6-9,14-17H2,1-5H3,(H,29,36)/t24-/m0/s1. The van der Waals surface area contributed by atoms with Gasteiger partial charge in [0.1, 0.15) is 25.1 Å². The van der Waals surface area contributed by atoms with Gasteiger partial charge in [0, 0.05) is 29.9 Å². The molecule has 0 saturated carbocycles. The van der Waals surface area contributed by atoms with E-state index in [4.69, 9.17) is 14.4 Å². The molecule has 3 rings (SSSR count). The molecule has 0 saturated heterocycles. The van der Waals surface area contributed by atoms with Crippen molar-refractivity contribution in [2.75, 3.05) is 33.4 Å². The Kier molecular flexibility index (Phi) is 10.8. The Balaban J connectivity index is 1.76. The van der Waals surface area contributed by atoms with E-state index in [1.807, 2.05) is 45.0 Å². The zero-order valence-electron chi connectivity index (χ0n) is 23.0. The van der Waals surface area contributed by atoms with Crippen molar-refractivity contribution in [3.63, 3.8) is 0 Å². The number of hydrogen-bond acceptors (Lipinski definition) is 9. The lowest BCUT2D eigenvalue weighted by Crippen LogP contribution is -2.36. The van der Waals surface area contributed by atoms with Crippen molar-refractivity contribution in [1.29, 1.82) is 0 Å². The van der Waals surface area contributed by atoms with Gasteiger partial charge < -0.3 is 29.7 Å². The number of carbonyl (C=O) groups is 1. The molecule has 2 aromatic heterocycles. The van der Waals surface area contributed by atoms with E-state index in [1.54, 1.807) is 0 Å². The molecule has 1 atom stereocenters. The maximum Gasteiger partial charge on any atom is 0.258 e. The van der Waals surface area contributed by atoms with Crippen LogP contribution in [0.25, 0.3) is 22.8 Å². The number of pyridine rings is 1. The molecule has 0 aliphatic heterocycles. The van der Waals surface area contributed by atoms with E-state index >= 15 is 0 Å². The largest absolute Gasteiger partial charge is 0.490 e. The summed E-state index contributed by atoms with van der Waals surface area (Å²) in [6.45, 7) is 9.23. The second-order valence-electron chi connectivity index (χ2n) is 9.56. The number of aliphatic hydroxyl groups is 2. The van der Waals surface area contributed by atoms with Crippen LogP contribution >= 0.6 is 0 Å². The molecule has 10 nitrogen and oxygen atoms in total. The molecule has 3 N–H and O–H groups in total. The Morgan fingerprint density at radius 3 is 2.66 bits per heavy atom. The maximum atomic E-state index is 11.2. The molecular weight excluding hydrogens is 486 g/mol. The van der Waals surface area contributed by atoms with E-state index in [0.717, 1.165) is 59.6 Å². The van der Waals surface area contributed by atoms with Crippen LogP contribution in [-0.4, -0.2) is 75.6 Å². The predicted molar refractivity (Wildman–Crippen MR) is 145 cm³/mol. The molecule has 0 aliphatic rings. The Labute approximate surface area is 224 Å². The van der Waals surface area contributed by atoms with Gasteiger partial charge in [-0.3, -0.25) is 9.78 Å². The van der Waals surface area contributed by atoms with E-state index in [2.05, 4.69) is 39.3 Å². The van der Waals surface area contributed by atoms with Gasteiger partial charge in [0.15, 0.2) is 0 Å². The highest BCUT2D eigenvalue weighted by Gasteiger charge is 2.17. The fraction of sp³-hybridized carbons (Fsp3) is 0.500. The maximum absolute atomic E-state index is 11.2. The van der Waals surface area contributed by atoms with Gasteiger partial charge in [0.25, 0.3) is 5.89 Å². The Hall–Kier alpha value is -3.34. The molecule has 0 unspecified atom stereocenters. The van der Waals surface area contributed by atoms with Crippen LogP contribution in [0, 0.1) is 13.8 Å². The Morgan fingerprint density at radius 1 is 1.16 bits per heavy atom. The van der Waals surface area contributed by atoms with Gasteiger partial charge >= 0.3 is 0 Å². The van der Waals surface area contributed by atoms with Gasteiger partial charge in [0.05, 0.1) is 5.69 Å². The van der Waals surface area contributed by atoms with Gasteiger partial charge in [-0.1, -0.05) is 25.4 Å². The van der Waals surface area contributed by atoms with Crippen LogP contribution in [0.15, 0.2) is 28.8 Å². The second-order valence-corrected chi connectivity index (χ2v) is 9.56. The molecule has 0 bridgehead atoms. The third-order valence-corrected chi connectivity index (χ3v) is 6.09. The number of aromatic nitrogens is 3. The second kappa shape index (κ2) is 14.0. The minimum Gasteiger partial charge on any atom is -0.490 e. The number of nitrogens with zero attached hydrogens (tertiary/aromatic N) is 4. The van der Waals surface area contributed by atoms with Gasteiger partial charge in [-0.15, -0.1) is 0 Å². The van der Waals surface area contributed by atoms with E-state index < -0.39 is 18.6 Å². The average Bonchev–Trinajstić information content (AvgIpc) is 3.39. The highest BCUT2D eigenvalue weighted by Crippen LogP contribution is 2.31. The van der Waals surface area contributed by atoms with Crippen LogP contribution in [0.5, 0.6) is 5.75 Å². The zero-order valence-corrected chi connectivity index (χ0v) is 23.0. The van der Waals surface area contributed by atoms with E-state index in [-0.39, 0.29) is 13.2 Å². The van der Waals surface area contributed by atoms with Crippen LogP contribution < -0.4 is 10.1 Å². The summed E-state index contributed by atoms with van der Waals surface area (Å²) in [4.78, 5) is 22.8. The molecule has 3 aromatic rings. The lowest BCUT2D eigenvalue weighted by Gasteiger charge is -2.17. The fourth-order valence-electron chi connectivity index (χ4n) is 4.15. The Bertz CT molecular complexity index is 1210. The van der Waals surface area contributed by atoms with Crippen LogP contribution in [0.3, 0.4) is 0 Å². The molecule has 206 valence electrons. The highest BCUT2D eigenvalue weighted by molar-refractivity contribution is 5.76. The molecule has 38 heavy (non-hydrogen) atoms. The van der Waals surface area contributed by atoms with Crippen molar-refractivity contribution < 1.29 is 24.3 Å². The number of unbranched alkanes of at least 4 members (excludes halogenated alkanes) is 1. The number of ether oxygens (including phenoxy) is 1. The molecule has 0 aliphatic carbocycles. The van der Waals surface area contributed by atoms with Gasteiger partial charge in [-0.05, 0) is 75.7 Å². The van der Waals surface area contributed by atoms with Crippen molar-refractivity contribution >= 4 is 5.91 Å². The lowest BCUT2D eigenvalue weighted by molar-refractivity contribution is -0.124. The number of benzene rings is 1. The molecule has 0 radical (unpaired) electrons. The fourth-order valence-corrected chi connectivity index (χ4v) is 4.15. The summed E-state index contributed by atoms with van der Waals surface area (Å²) in [5, 5.41) is 25.6. The monoisotopic (exact) mass is 525 g/mol. The highest BCUT2D eigenvalue weighted by atomic mass is 16.5. The zero-order chi connectivity index (χ0) is 27.7. The van der Waals surface area contributed by atoms with Crippen LogP contribution in [0.1, 0.15) is 49.2 Å². The normalized spacial score (nSPS) is 12.1. The van der Waals surface area contributed by atoms with Crippen molar-refractivity contribution in [2.24, 2.45) is 0 Å². The summed E-state index contributed by atoms with van der Waals surface area (Å²) >= 11 is 0. The molecule has 10 heteroatoms. The summed E-state index contributed by atoms with van der Waals surface area (Å²) in [7, 11) is 2.10. The first-order valence-electron chi connectivity index (χ1n) is 13.1. The van der Waals surface area contributed by atoms with Gasteiger partial charge in [-0.2, -0.15) is 4.98 Å². The van der Waals surface area contributed by atoms with Crippen LogP contribution in [0.2, 0.25) is 0 Å². The summed E-state index contributed by atoms with van der Waals surface area (Å²) in [5.74, 6) is 1.05. The minimum atomic E-state index is -0.908. The molecular formula is C28H39N5O5. The number of rotatable bonds is 14. The van der Waals surface area contributed by atoms with Gasteiger partial charge in [0.2, 0.25) is 11.7 Å². The van der Waals surface area contributed by atoms with Crippen molar-refractivity contribution in [3.8, 4) is 28.6 Å². The molecule has 0 fully saturated rings. The average molecular weight is 526 g/mol. The number of aliphatic hydroxyl groups excluding tert-OH is 2. The topological polar surface area (TPSA) is 134 Å². The van der Waals surface area contributed by atoms with E-state index in [1.165, 1.54) is 0 Å². The molecule has 0 spiro atoms. The quantitative estimate of drug-likeness (QED) is 0.290. The van der Waals surface area contributed by atoms with Crippen LogP contribution in [0.4, 0.5) is 0 Å². The summed E-state index contributed by atoms with van der Waals surface area (Å²) < 4.78 is 11.5. The molecule has 1 amide bonds. The number of carbonyl (C=O) groups excluding carboxylic acids is 1. The predicted octanol–water partition coefficient (Wildman–Crippen LogP) is 3.06. The third-order valence-electron chi connectivity index (χ3n) is 6.09. The SMILES string of the molecule is CCCCN(C)Cc1cc(-c2nc(-c3cc(C)c(OC[C@@H](O)CNC(=O)CO)c(CC)c3)no2)cc(C)n1. The summed E-state index contributed by atoms with van der Waals surface area (Å²) in [5.41, 5.74) is 5.31. The van der Waals surface area contributed by atoms with Crippen molar-refractivity contribution in [3.05, 3.63) is 46.8 Å². The first-order valence-corrected chi connectivity index (χ1v) is 13.1. The van der Waals surface area contributed by atoms with E-state index in [9.17, 15) is 9.90 Å². The molecule has 1 aromatic carbocycles. The summed E-state index contributed by atoms with van der Waals surface area (Å²) in [6, 6.07) is 7.83. The first kappa shape index (κ1) is 29.2. The van der Waals surface area contributed by atoms with Crippen molar-refractivity contribution in [1.82, 2.24) is 25.3 Å². The number of nitrogens with one attached hydrogen (secondary N) is 1. The number of amides is 1.